The van der Waals surface area contributed by atoms with Gasteiger partial charge in [-0.3, -0.25) is 4.79 Å². The Bertz CT molecular complexity index is 848. The molecule has 1 aromatic heterocycles. The summed E-state index contributed by atoms with van der Waals surface area (Å²) in [6.07, 6.45) is 0. The summed E-state index contributed by atoms with van der Waals surface area (Å²) in [7, 11) is 0. The van der Waals surface area contributed by atoms with Crippen LogP contribution in [0, 0.1) is 13.8 Å². The number of rotatable bonds is 4. The Morgan fingerprint density at radius 1 is 1.13 bits per heavy atom. The summed E-state index contributed by atoms with van der Waals surface area (Å²) in [6, 6.07) is 13.5. The van der Waals surface area contributed by atoms with Gasteiger partial charge in [0.1, 0.15) is 11.4 Å². The van der Waals surface area contributed by atoms with E-state index in [0.29, 0.717) is 12.3 Å². The largest absolute Gasteiger partial charge is 0.494 e. The van der Waals surface area contributed by atoms with Crippen molar-refractivity contribution in [3.05, 3.63) is 59.3 Å². The van der Waals surface area contributed by atoms with Crippen LogP contribution >= 0.6 is 0 Å². The molecule has 4 nitrogen and oxygen atoms in total. The van der Waals surface area contributed by atoms with Crippen molar-refractivity contribution in [1.82, 2.24) is 4.98 Å². The summed E-state index contributed by atoms with van der Waals surface area (Å²) in [4.78, 5) is 15.7. The normalized spacial score (nSPS) is 10.7. The van der Waals surface area contributed by atoms with E-state index in [1.54, 1.807) is 0 Å². The Hall–Kier alpha value is -2.75. The third-order valence-corrected chi connectivity index (χ3v) is 3.86. The van der Waals surface area contributed by atoms with Gasteiger partial charge in [0.05, 0.1) is 6.61 Å². The molecule has 0 saturated carbocycles. The van der Waals surface area contributed by atoms with Gasteiger partial charge in [-0.2, -0.15) is 0 Å². The van der Waals surface area contributed by atoms with Crippen molar-refractivity contribution in [1.29, 1.82) is 0 Å². The average Bonchev–Trinajstić information content (AvgIpc) is 2.86. The standard InChI is InChI=1S/C19H20N2O2/c1-4-23-15-8-6-14(7-9-15)20-19(22)18-13(3)16-10-5-12(2)11-17(16)21-18/h5-11,21H,4H2,1-3H3,(H,20,22). The van der Waals surface area contributed by atoms with Crippen molar-refractivity contribution < 1.29 is 9.53 Å². The number of aryl methyl sites for hydroxylation is 2. The first-order chi connectivity index (χ1) is 11.1. The molecule has 1 amide bonds. The molecule has 0 unspecified atom stereocenters. The van der Waals surface area contributed by atoms with E-state index in [2.05, 4.69) is 22.4 Å². The lowest BCUT2D eigenvalue weighted by atomic mass is 10.1. The van der Waals surface area contributed by atoms with Gasteiger partial charge >= 0.3 is 0 Å². The highest BCUT2D eigenvalue weighted by molar-refractivity contribution is 6.07. The fourth-order valence-corrected chi connectivity index (χ4v) is 2.67. The Morgan fingerprint density at radius 3 is 2.57 bits per heavy atom. The van der Waals surface area contributed by atoms with Crippen LogP contribution in [0.25, 0.3) is 10.9 Å². The number of benzene rings is 2. The van der Waals surface area contributed by atoms with Gasteiger partial charge in [-0.25, -0.2) is 0 Å². The Kier molecular flexibility index (Phi) is 4.06. The van der Waals surface area contributed by atoms with Crippen LogP contribution in [0.5, 0.6) is 5.75 Å². The van der Waals surface area contributed by atoms with Crippen molar-refractivity contribution in [3.8, 4) is 5.75 Å². The zero-order valence-corrected chi connectivity index (χ0v) is 13.6. The maximum Gasteiger partial charge on any atom is 0.272 e. The molecule has 118 valence electrons. The third-order valence-electron chi connectivity index (χ3n) is 3.86. The first-order valence-electron chi connectivity index (χ1n) is 7.71. The number of ether oxygens (including phenoxy) is 1. The minimum atomic E-state index is -0.138. The Balaban J connectivity index is 1.84. The molecule has 0 fully saturated rings. The van der Waals surface area contributed by atoms with E-state index in [4.69, 9.17) is 4.74 Å². The molecular formula is C19H20N2O2. The highest BCUT2D eigenvalue weighted by Crippen LogP contribution is 2.24. The van der Waals surface area contributed by atoms with Gasteiger partial charge < -0.3 is 15.0 Å². The maximum atomic E-state index is 12.5. The van der Waals surface area contributed by atoms with Gasteiger partial charge in [0, 0.05) is 16.6 Å². The molecule has 0 radical (unpaired) electrons. The highest BCUT2D eigenvalue weighted by Gasteiger charge is 2.15. The van der Waals surface area contributed by atoms with Gasteiger partial charge in [0.25, 0.3) is 5.91 Å². The summed E-state index contributed by atoms with van der Waals surface area (Å²) in [5.41, 5.74) is 4.45. The molecule has 3 rings (SSSR count). The fourth-order valence-electron chi connectivity index (χ4n) is 2.67. The van der Waals surface area contributed by atoms with Gasteiger partial charge in [-0.15, -0.1) is 0 Å². The SMILES string of the molecule is CCOc1ccc(NC(=O)c2[nH]c3cc(C)ccc3c2C)cc1. The molecule has 1 heterocycles. The maximum absolute atomic E-state index is 12.5. The van der Waals surface area contributed by atoms with Gasteiger partial charge in [-0.05, 0) is 62.2 Å². The van der Waals surface area contributed by atoms with Gasteiger partial charge in [-0.1, -0.05) is 12.1 Å². The minimum Gasteiger partial charge on any atom is -0.494 e. The number of H-pyrrole nitrogens is 1. The molecule has 0 aliphatic carbocycles. The number of amides is 1. The molecule has 2 aromatic carbocycles. The lowest BCUT2D eigenvalue weighted by Crippen LogP contribution is -2.13. The monoisotopic (exact) mass is 308 g/mol. The number of hydrogen-bond acceptors (Lipinski definition) is 2. The van der Waals surface area contributed by atoms with Crippen LogP contribution in [0.1, 0.15) is 28.5 Å². The van der Waals surface area contributed by atoms with E-state index in [1.165, 1.54) is 0 Å². The van der Waals surface area contributed by atoms with E-state index >= 15 is 0 Å². The quantitative estimate of drug-likeness (QED) is 0.749. The summed E-state index contributed by atoms with van der Waals surface area (Å²) in [5, 5.41) is 3.99. The second-order valence-corrected chi connectivity index (χ2v) is 5.59. The molecule has 0 atom stereocenters. The van der Waals surface area contributed by atoms with Crippen LogP contribution in [-0.2, 0) is 0 Å². The van der Waals surface area contributed by atoms with Crippen LogP contribution in [0.4, 0.5) is 5.69 Å². The number of anilines is 1. The first-order valence-corrected chi connectivity index (χ1v) is 7.71. The molecule has 0 bridgehead atoms. The predicted octanol–water partition coefficient (Wildman–Crippen LogP) is 4.44. The van der Waals surface area contributed by atoms with E-state index in [9.17, 15) is 4.79 Å². The van der Waals surface area contributed by atoms with E-state index < -0.39 is 0 Å². The molecule has 0 spiro atoms. The number of fused-ring (bicyclic) bond motifs is 1. The predicted molar refractivity (Wildman–Crippen MR) is 93.3 cm³/mol. The lowest BCUT2D eigenvalue weighted by molar-refractivity contribution is 0.102. The Morgan fingerprint density at radius 2 is 1.87 bits per heavy atom. The summed E-state index contributed by atoms with van der Waals surface area (Å²) in [5.74, 6) is 0.656. The van der Waals surface area contributed by atoms with Crippen LogP contribution < -0.4 is 10.1 Å². The molecule has 0 aliphatic rings. The van der Waals surface area contributed by atoms with E-state index in [-0.39, 0.29) is 5.91 Å². The van der Waals surface area contributed by atoms with Gasteiger partial charge in [0.2, 0.25) is 0 Å². The summed E-state index contributed by atoms with van der Waals surface area (Å²) < 4.78 is 5.40. The van der Waals surface area contributed by atoms with Crippen molar-refractivity contribution in [2.45, 2.75) is 20.8 Å². The zero-order chi connectivity index (χ0) is 16.4. The molecular weight excluding hydrogens is 288 g/mol. The fraction of sp³-hybridized carbons (Fsp3) is 0.211. The van der Waals surface area contributed by atoms with Gasteiger partial charge in [0.15, 0.2) is 0 Å². The van der Waals surface area contributed by atoms with Crippen molar-refractivity contribution in [2.75, 3.05) is 11.9 Å². The number of carbonyl (C=O) groups excluding carboxylic acids is 1. The van der Waals surface area contributed by atoms with Crippen LogP contribution in [0.15, 0.2) is 42.5 Å². The number of nitrogens with one attached hydrogen (secondary N) is 2. The number of hydrogen-bond donors (Lipinski definition) is 2. The molecule has 3 aromatic rings. The third kappa shape index (κ3) is 3.06. The smallest absolute Gasteiger partial charge is 0.272 e. The Labute approximate surface area is 135 Å². The summed E-state index contributed by atoms with van der Waals surface area (Å²) >= 11 is 0. The van der Waals surface area contributed by atoms with Crippen molar-refractivity contribution >= 4 is 22.5 Å². The molecule has 0 aliphatic heterocycles. The van der Waals surface area contributed by atoms with Crippen molar-refractivity contribution in [3.63, 3.8) is 0 Å². The number of aromatic nitrogens is 1. The molecule has 4 heteroatoms. The van der Waals surface area contributed by atoms with Crippen LogP contribution in [0.3, 0.4) is 0 Å². The van der Waals surface area contributed by atoms with Crippen LogP contribution in [-0.4, -0.2) is 17.5 Å². The first kappa shape index (κ1) is 15.2. The van der Waals surface area contributed by atoms with E-state index in [1.807, 2.05) is 51.1 Å². The average molecular weight is 308 g/mol. The van der Waals surface area contributed by atoms with Crippen LogP contribution in [0.2, 0.25) is 0 Å². The second-order valence-electron chi connectivity index (χ2n) is 5.59. The molecule has 0 saturated heterocycles. The second kappa shape index (κ2) is 6.16. The summed E-state index contributed by atoms with van der Waals surface area (Å²) in [6.45, 7) is 6.56. The van der Waals surface area contributed by atoms with Crippen molar-refractivity contribution in [2.24, 2.45) is 0 Å². The minimum absolute atomic E-state index is 0.138. The van der Waals surface area contributed by atoms with E-state index in [0.717, 1.165) is 33.5 Å². The highest BCUT2D eigenvalue weighted by atomic mass is 16.5. The lowest BCUT2D eigenvalue weighted by Gasteiger charge is -2.07. The number of aromatic amines is 1. The zero-order valence-electron chi connectivity index (χ0n) is 13.6. The topological polar surface area (TPSA) is 54.1 Å². The molecule has 2 N–H and O–H groups in total. The molecule has 23 heavy (non-hydrogen) atoms. The number of carbonyl (C=O) groups is 1.